The highest BCUT2D eigenvalue weighted by molar-refractivity contribution is 7.73. The van der Waals surface area contributed by atoms with Gasteiger partial charge in [0.15, 0.2) is 0 Å². The fourth-order valence-electron chi connectivity index (χ4n) is 1.45. The van der Waals surface area contributed by atoms with Crippen LogP contribution in [0, 0.1) is 0 Å². The van der Waals surface area contributed by atoms with Gasteiger partial charge in [-0.3, -0.25) is 0 Å². The van der Waals surface area contributed by atoms with Crippen LogP contribution in [0.15, 0.2) is 23.5 Å². The van der Waals surface area contributed by atoms with Crippen molar-refractivity contribution >= 4 is 15.2 Å². The minimum absolute atomic E-state index is 0.440. The van der Waals surface area contributed by atoms with Crippen molar-refractivity contribution in [3.05, 3.63) is 23.5 Å². The SMILES string of the molecule is O=S(=O)=C1C=CC2=C(C1)NCCN2. The minimum Gasteiger partial charge on any atom is -0.385 e. The Bertz CT molecular complexity index is 409. The van der Waals surface area contributed by atoms with E-state index in [-0.39, 0.29) is 0 Å². The molecule has 70 valence electrons. The second-order valence-electron chi connectivity index (χ2n) is 2.96. The van der Waals surface area contributed by atoms with Crippen LogP contribution in [0.3, 0.4) is 0 Å². The smallest absolute Gasteiger partial charge is 0.217 e. The van der Waals surface area contributed by atoms with Crippen LogP contribution in [0.5, 0.6) is 0 Å². The van der Waals surface area contributed by atoms with Gasteiger partial charge in [0.1, 0.15) is 0 Å². The molecule has 0 saturated carbocycles. The van der Waals surface area contributed by atoms with E-state index in [9.17, 15) is 8.42 Å². The van der Waals surface area contributed by atoms with Gasteiger partial charge in [0.05, 0.1) is 10.6 Å². The molecular weight excluding hydrogens is 188 g/mol. The molecule has 0 aromatic carbocycles. The molecule has 4 nitrogen and oxygen atoms in total. The van der Waals surface area contributed by atoms with Crippen LogP contribution < -0.4 is 10.6 Å². The molecule has 0 amide bonds. The van der Waals surface area contributed by atoms with E-state index < -0.39 is 10.3 Å². The Labute approximate surface area is 77.9 Å². The quantitative estimate of drug-likeness (QED) is 0.510. The molecule has 2 aliphatic rings. The maximum Gasteiger partial charge on any atom is 0.217 e. The van der Waals surface area contributed by atoms with Gasteiger partial charge in [0, 0.05) is 25.2 Å². The minimum atomic E-state index is -2.09. The van der Waals surface area contributed by atoms with Gasteiger partial charge in [0.2, 0.25) is 10.3 Å². The zero-order valence-electron chi connectivity index (χ0n) is 7.00. The second-order valence-corrected chi connectivity index (χ2v) is 3.95. The van der Waals surface area contributed by atoms with Crippen molar-refractivity contribution < 1.29 is 8.42 Å². The maximum atomic E-state index is 10.7. The second kappa shape index (κ2) is 3.26. The van der Waals surface area contributed by atoms with Crippen molar-refractivity contribution in [2.75, 3.05) is 13.1 Å². The molecule has 0 bridgehead atoms. The van der Waals surface area contributed by atoms with E-state index in [1.54, 1.807) is 12.2 Å². The third-order valence-electron chi connectivity index (χ3n) is 2.10. The first-order chi connectivity index (χ1) is 6.27. The zero-order chi connectivity index (χ0) is 9.26. The first kappa shape index (κ1) is 8.37. The fourth-order valence-corrected chi connectivity index (χ4v) is 1.89. The predicted octanol–water partition coefficient (Wildman–Crippen LogP) is -0.598. The molecule has 13 heavy (non-hydrogen) atoms. The molecule has 5 heteroatoms. The van der Waals surface area contributed by atoms with E-state index in [1.165, 1.54) is 0 Å². The largest absolute Gasteiger partial charge is 0.385 e. The van der Waals surface area contributed by atoms with Gasteiger partial charge in [-0.25, -0.2) is 0 Å². The molecule has 1 aliphatic carbocycles. The molecule has 0 fully saturated rings. The molecule has 0 unspecified atom stereocenters. The van der Waals surface area contributed by atoms with E-state index in [4.69, 9.17) is 0 Å². The van der Waals surface area contributed by atoms with E-state index in [2.05, 4.69) is 10.6 Å². The molecular formula is C8H10N2O2S. The Kier molecular flexibility index (Phi) is 2.10. The van der Waals surface area contributed by atoms with Crippen LogP contribution in [0.4, 0.5) is 0 Å². The van der Waals surface area contributed by atoms with Crippen LogP contribution in [0.25, 0.3) is 0 Å². The highest BCUT2D eigenvalue weighted by Gasteiger charge is 2.15. The molecule has 2 rings (SSSR count). The lowest BCUT2D eigenvalue weighted by atomic mass is 10.1. The number of allylic oxidation sites excluding steroid dienone is 3. The van der Waals surface area contributed by atoms with Gasteiger partial charge in [-0.05, 0) is 12.2 Å². The van der Waals surface area contributed by atoms with Gasteiger partial charge in [-0.15, -0.1) is 0 Å². The number of hydrogen-bond donors (Lipinski definition) is 2. The first-order valence-electron chi connectivity index (χ1n) is 4.11. The predicted molar refractivity (Wildman–Crippen MR) is 50.7 cm³/mol. The van der Waals surface area contributed by atoms with Gasteiger partial charge in [0.25, 0.3) is 0 Å². The maximum absolute atomic E-state index is 10.7. The summed E-state index contributed by atoms with van der Waals surface area (Å²) in [5.74, 6) is 0. The fraction of sp³-hybridized carbons (Fsp3) is 0.375. The summed E-state index contributed by atoms with van der Waals surface area (Å²) in [5.41, 5.74) is 1.99. The van der Waals surface area contributed by atoms with Crippen molar-refractivity contribution in [2.24, 2.45) is 0 Å². The van der Waals surface area contributed by atoms with Crippen LogP contribution in [0.1, 0.15) is 6.42 Å². The van der Waals surface area contributed by atoms with E-state index >= 15 is 0 Å². The Morgan fingerprint density at radius 1 is 1.15 bits per heavy atom. The summed E-state index contributed by atoms with van der Waals surface area (Å²) in [7, 11) is -2.09. The Morgan fingerprint density at radius 2 is 1.92 bits per heavy atom. The third kappa shape index (κ3) is 1.60. The number of hydrogen-bond acceptors (Lipinski definition) is 4. The van der Waals surface area contributed by atoms with Gasteiger partial charge >= 0.3 is 0 Å². The summed E-state index contributed by atoms with van der Waals surface area (Å²) >= 11 is 0. The van der Waals surface area contributed by atoms with Crippen LogP contribution >= 0.6 is 0 Å². The summed E-state index contributed by atoms with van der Waals surface area (Å²) in [6.45, 7) is 1.74. The van der Waals surface area contributed by atoms with E-state index in [1.807, 2.05) is 0 Å². The molecule has 0 aromatic heterocycles. The van der Waals surface area contributed by atoms with Crippen molar-refractivity contribution in [1.29, 1.82) is 0 Å². The molecule has 0 aromatic rings. The number of rotatable bonds is 0. The van der Waals surface area contributed by atoms with Crippen LogP contribution in [-0.2, 0) is 10.3 Å². The summed E-state index contributed by atoms with van der Waals surface area (Å²) in [4.78, 5) is 0.440. The molecule has 1 aliphatic heterocycles. The average molecular weight is 198 g/mol. The number of nitrogens with one attached hydrogen (secondary N) is 2. The molecule has 1 heterocycles. The topological polar surface area (TPSA) is 58.2 Å². The van der Waals surface area contributed by atoms with Gasteiger partial charge in [-0.2, -0.15) is 8.42 Å². The normalized spacial score (nSPS) is 20.5. The van der Waals surface area contributed by atoms with Crippen molar-refractivity contribution in [1.82, 2.24) is 10.6 Å². The Balaban J connectivity index is 2.35. The Morgan fingerprint density at radius 3 is 2.69 bits per heavy atom. The summed E-state index contributed by atoms with van der Waals surface area (Å²) in [6, 6.07) is 0. The molecule has 0 saturated heterocycles. The standard InChI is InChI=1S/C8H10N2O2S/c11-13(12)6-1-2-7-8(5-6)10-4-3-9-7/h1-2,9-10H,3-5H2. The lowest BCUT2D eigenvalue weighted by molar-refractivity contribution is 0.625. The third-order valence-corrected chi connectivity index (χ3v) is 2.81. The highest BCUT2D eigenvalue weighted by Crippen LogP contribution is 2.14. The zero-order valence-corrected chi connectivity index (χ0v) is 7.82. The van der Waals surface area contributed by atoms with Gasteiger partial charge in [-0.1, -0.05) is 0 Å². The van der Waals surface area contributed by atoms with Crippen LogP contribution in [-0.4, -0.2) is 26.4 Å². The average Bonchev–Trinajstić information content (AvgIpc) is 2.17. The molecule has 0 atom stereocenters. The molecule has 0 radical (unpaired) electrons. The van der Waals surface area contributed by atoms with Crippen molar-refractivity contribution in [3.8, 4) is 0 Å². The molecule has 2 N–H and O–H groups in total. The highest BCUT2D eigenvalue weighted by atomic mass is 32.2. The lowest BCUT2D eigenvalue weighted by Crippen LogP contribution is -2.36. The van der Waals surface area contributed by atoms with Crippen molar-refractivity contribution in [3.63, 3.8) is 0 Å². The van der Waals surface area contributed by atoms with Gasteiger partial charge < -0.3 is 10.6 Å². The van der Waals surface area contributed by atoms with Crippen molar-refractivity contribution in [2.45, 2.75) is 6.42 Å². The summed E-state index contributed by atoms with van der Waals surface area (Å²) in [5, 5.41) is 6.37. The van der Waals surface area contributed by atoms with E-state index in [0.717, 1.165) is 24.5 Å². The summed E-state index contributed by atoms with van der Waals surface area (Å²) in [6.07, 6.45) is 3.92. The first-order valence-corrected chi connectivity index (χ1v) is 5.19. The summed E-state index contributed by atoms with van der Waals surface area (Å²) < 4.78 is 21.3. The lowest BCUT2D eigenvalue weighted by Gasteiger charge is -2.24. The van der Waals surface area contributed by atoms with Crippen LogP contribution in [0.2, 0.25) is 0 Å². The molecule has 0 spiro atoms. The monoisotopic (exact) mass is 198 g/mol. The van der Waals surface area contributed by atoms with E-state index in [0.29, 0.717) is 11.3 Å². The Hall–Kier alpha value is -1.23.